The summed E-state index contributed by atoms with van der Waals surface area (Å²) in [5.74, 6) is -1.03. The van der Waals surface area contributed by atoms with E-state index in [1.165, 1.54) is 18.4 Å². The molecule has 0 N–H and O–H groups in total. The van der Waals surface area contributed by atoms with Gasteiger partial charge >= 0.3 is 5.51 Å². The predicted molar refractivity (Wildman–Crippen MR) is 108 cm³/mol. The fourth-order valence-corrected chi connectivity index (χ4v) is 3.72. The smallest absolute Gasteiger partial charge is 0.444 e. The lowest BCUT2D eigenvalue weighted by molar-refractivity contribution is -0.0437. The summed E-state index contributed by atoms with van der Waals surface area (Å²) in [5.41, 5.74) is -3.03. The maximum absolute atomic E-state index is 12.6. The summed E-state index contributed by atoms with van der Waals surface area (Å²) in [6.07, 6.45) is 3.11. The van der Waals surface area contributed by atoms with Crippen LogP contribution in [0.3, 0.4) is 0 Å². The monoisotopic (exact) mass is 458 g/mol. The SMILES string of the molecule is CC(C)(C)c1cc(-c2coc(-c3ccc(CS(=O)(=O)C(F)(F)F)cc3Cl)n2)ccn1. The zero-order chi connectivity index (χ0) is 22.3. The van der Waals surface area contributed by atoms with Crippen LogP contribution in [-0.2, 0) is 21.0 Å². The number of benzene rings is 1. The third-order valence-corrected chi connectivity index (χ3v) is 6.03. The number of rotatable bonds is 4. The molecule has 0 saturated carbocycles. The predicted octanol–water partition coefficient (Wildman–Crippen LogP) is 5.79. The molecule has 3 aromatic rings. The summed E-state index contributed by atoms with van der Waals surface area (Å²) in [7, 11) is -5.30. The Morgan fingerprint density at radius 3 is 2.40 bits per heavy atom. The van der Waals surface area contributed by atoms with Gasteiger partial charge in [-0.3, -0.25) is 4.98 Å². The average molecular weight is 459 g/mol. The van der Waals surface area contributed by atoms with Crippen molar-refractivity contribution in [2.75, 3.05) is 0 Å². The Hall–Kier alpha value is -2.39. The minimum absolute atomic E-state index is 0.0309. The number of sulfone groups is 1. The molecule has 0 spiro atoms. The number of hydrogen-bond donors (Lipinski definition) is 0. The largest absolute Gasteiger partial charge is 0.497 e. The van der Waals surface area contributed by atoms with Gasteiger partial charge in [0.25, 0.3) is 9.84 Å². The van der Waals surface area contributed by atoms with Crippen molar-refractivity contribution in [2.24, 2.45) is 0 Å². The van der Waals surface area contributed by atoms with Gasteiger partial charge in [-0.25, -0.2) is 13.4 Å². The first-order valence-electron chi connectivity index (χ1n) is 8.78. The quantitative estimate of drug-likeness (QED) is 0.494. The van der Waals surface area contributed by atoms with Crippen LogP contribution in [0.5, 0.6) is 0 Å². The van der Waals surface area contributed by atoms with Gasteiger partial charge in [0, 0.05) is 22.9 Å². The zero-order valence-electron chi connectivity index (χ0n) is 16.3. The number of oxazole rings is 1. The summed E-state index contributed by atoms with van der Waals surface area (Å²) in [6.45, 7) is 6.11. The average Bonchev–Trinajstić information content (AvgIpc) is 3.10. The second-order valence-electron chi connectivity index (χ2n) is 7.74. The fourth-order valence-electron chi connectivity index (χ4n) is 2.65. The molecule has 5 nitrogen and oxygen atoms in total. The van der Waals surface area contributed by atoms with Crippen LogP contribution in [0.2, 0.25) is 5.02 Å². The standard InChI is InChI=1S/C20H18ClF3N2O3S/c1-19(2,3)17-9-13(6-7-25-17)16-10-29-18(26-16)14-5-4-12(8-15(14)21)11-30(27,28)20(22,23)24/h4-10H,11H2,1-3H3. The number of aromatic nitrogens is 2. The lowest BCUT2D eigenvalue weighted by atomic mass is 9.90. The van der Waals surface area contributed by atoms with Gasteiger partial charge in [0.05, 0.1) is 16.3 Å². The van der Waals surface area contributed by atoms with Crippen LogP contribution >= 0.6 is 11.6 Å². The number of halogens is 4. The van der Waals surface area contributed by atoms with Crippen LogP contribution in [0.1, 0.15) is 32.0 Å². The molecule has 3 rings (SSSR count). The van der Waals surface area contributed by atoms with Gasteiger partial charge in [0.1, 0.15) is 12.0 Å². The minimum Gasteiger partial charge on any atom is -0.444 e. The Labute approximate surface area is 176 Å². The molecule has 0 radical (unpaired) electrons. The third kappa shape index (κ3) is 4.67. The van der Waals surface area contributed by atoms with E-state index in [9.17, 15) is 21.6 Å². The van der Waals surface area contributed by atoms with Gasteiger partial charge in [0.2, 0.25) is 5.89 Å². The second kappa shape index (κ2) is 7.70. The van der Waals surface area contributed by atoms with Gasteiger partial charge in [-0.1, -0.05) is 38.4 Å². The van der Waals surface area contributed by atoms with Crippen LogP contribution in [0.25, 0.3) is 22.7 Å². The van der Waals surface area contributed by atoms with Crippen LogP contribution < -0.4 is 0 Å². The summed E-state index contributed by atoms with van der Waals surface area (Å²) < 4.78 is 65.9. The van der Waals surface area contributed by atoms with E-state index < -0.39 is 21.1 Å². The Kier molecular flexibility index (Phi) is 5.72. The number of alkyl halides is 3. The summed E-state index contributed by atoms with van der Waals surface area (Å²) in [5, 5.41) is 0.0309. The van der Waals surface area contributed by atoms with E-state index in [2.05, 4.69) is 9.97 Å². The molecule has 2 aromatic heterocycles. The van der Waals surface area contributed by atoms with E-state index in [0.29, 0.717) is 11.3 Å². The van der Waals surface area contributed by atoms with E-state index in [0.717, 1.165) is 17.3 Å². The molecule has 0 bridgehead atoms. The van der Waals surface area contributed by atoms with Crippen molar-refractivity contribution in [1.29, 1.82) is 0 Å². The Morgan fingerprint density at radius 1 is 1.10 bits per heavy atom. The Morgan fingerprint density at radius 2 is 1.80 bits per heavy atom. The maximum atomic E-state index is 12.6. The topological polar surface area (TPSA) is 73.1 Å². The van der Waals surface area contributed by atoms with Crippen molar-refractivity contribution in [3.05, 3.63) is 59.1 Å². The highest BCUT2D eigenvalue weighted by atomic mass is 35.5. The number of hydrogen-bond acceptors (Lipinski definition) is 5. The molecule has 0 amide bonds. The second-order valence-corrected chi connectivity index (χ2v) is 10.1. The van der Waals surface area contributed by atoms with Crippen molar-refractivity contribution in [3.63, 3.8) is 0 Å². The van der Waals surface area contributed by atoms with Gasteiger partial charge < -0.3 is 4.42 Å². The molecule has 10 heteroatoms. The maximum Gasteiger partial charge on any atom is 0.497 e. The molecule has 2 heterocycles. The van der Waals surface area contributed by atoms with Crippen LogP contribution in [0, 0.1) is 0 Å². The lowest BCUT2D eigenvalue weighted by Crippen LogP contribution is -2.24. The van der Waals surface area contributed by atoms with Crippen LogP contribution in [0.15, 0.2) is 47.2 Å². The Balaban J connectivity index is 1.89. The molecule has 0 atom stereocenters. The van der Waals surface area contributed by atoms with E-state index >= 15 is 0 Å². The first kappa shape index (κ1) is 22.3. The molecule has 0 aliphatic carbocycles. The van der Waals surface area contributed by atoms with Gasteiger partial charge in [0.15, 0.2) is 0 Å². The van der Waals surface area contributed by atoms with Crippen molar-refractivity contribution in [3.8, 4) is 22.7 Å². The van der Waals surface area contributed by atoms with E-state index in [-0.39, 0.29) is 21.9 Å². The van der Waals surface area contributed by atoms with Crippen molar-refractivity contribution >= 4 is 21.4 Å². The summed E-state index contributed by atoms with van der Waals surface area (Å²) in [6, 6.07) is 7.47. The molecular formula is C20H18ClF3N2O3S. The molecule has 0 unspecified atom stereocenters. The fraction of sp³-hybridized carbons (Fsp3) is 0.300. The normalized spacial score (nSPS) is 12.9. The number of nitrogens with zero attached hydrogens (tertiary/aromatic N) is 2. The summed E-state index contributed by atoms with van der Waals surface area (Å²) >= 11 is 6.16. The van der Waals surface area contributed by atoms with Crippen LogP contribution in [-0.4, -0.2) is 23.9 Å². The molecule has 160 valence electrons. The lowest BCUT2D eigenvalue weighted by Gasteiger charge is -2.17. The molecule has 30 heavy (non-hydrogen) atoms. The molecular weight excluding hydrogens is 441 g/mol. The summed E-state index contributed by atoms with van der Waals surface area (Å²) in [4.78, 5) is 8.76. The Bertz CT molecular complexity index is 1180. The third-order valence-electron chi connectivity index (χ3n) is 4.30. The molecule has 0 saturated heterocycles. The van der Waals surface area contributed by atoms with Crippen molar-refractivity contribution < 1.29 is 26.0 Å². The molecule has 0 aliphatic heterocycles. The first-order valence-corrected chi connectivity index (χ1v) is 10.8. The highest BCUT2D eigenvalue weighted by Crippen LogP contribution is 2.33. The van der Waals surface area contributed by atoms with Crippen molar-refractivity contribution in [1.82, 2.24) is 9.97 Å². The van der Waals surface area contributed by atoms with E-state index in [4.69, 9.17) is 16.0 Å². The highest BCUT2D eigenvalue weighted by molar-refractivity contribution is 7.91. The van der Waals surface area contributed by atoms with E-state index in [1.807, 2.05) is 26.8 Å². The molecule has 0 aliphatic rings. The highest BCUT2D eigenvalue weighted by Gasteiger charge is 2.45. The molecule has 1 aromatic carbocycles. The van der Waals surface area contributed by atoms with Gasteiger partial charge in [-0.05, 0) is 29.8 Å². The van der Waals surface area contributed by atoms with Crippen LogP contribution in [0.4, 0.5) is 13.2 Å². The zero-order valence-corrected chi connectivity index (χ0v) is 17.9. The van der Waals surface area contributed by atoms with E-state index in [1.54, 1.807) is 12.3 Å². The van der Waals surface area contributed by atoms with Gasteiger partial charge in [-0.15, -0.1) is 0 Å². The van der Waals surface area contributed by atoms with Gasteiger partial charge in [-0.2, -0.15) is 13.2 Å². The first-order chi connectivity index (χ1) is 13.8. The minimum atomic E-state index is -5.33. The number of pyridine rings is 1. The molecule has 0 fully saturated rings. The van der Waals surface area contributed by atoms with Crippen molar-refractivity contribution in [2.45, 2.75) is 37.4 Å².